The quantitative estimate of drug-likeness (QED) is 0.680. The van der Waals surface area contributed by atoms with Gasteiger partial charge in [0.15, 0.2) is 0 Å². The molecule has 0 aromatic rings. The Bertz CT molecular complexity index is 178. The van der Waals surface area contributed by atoms with Crippen molar-refractivity contribution in [1.29, 1.82) is 0 Å². The Labute approximate surface area is 85.0 Å². The highest BCUT2D eigenvalue weighted by Crippen LogP contribution is 2.11. The molecule has 2 atom stereocenters. The topological polar surface area (TPSA) is 47.6 Å². The van der Waals surface area contributed by atoms with Crippen molar-refractivity contribution in [3.8, 4) is 0 Å². The lowest BCUT2D eigenvalue weighted by atomic mass is 10.1. The van der Waals surface area contributed by atoms with E-state index in [1.54, 1.807) is 6.92 Å². The van der Waals surface area contributed by atoms with E-state index in [0.717, 1.165) is 26.0 Å². The molecule has 0 radical (unpaired) electrons. The predicted octanol–water partition coefficient (Wildman–Crippen LogP) is 0.707. The molecule has 0 bridgehead atoms. The van der Waals surface area contributed by atoms with Crippen LogP contribution < -0.4 is 5.32 Å². The molecule has 1 aliphatic rings. The molecule has 0 saturated carbocycles. The molecule has 0 amide bonds. The zero-order valence-corrected chi connectivity index (χ0v) is 8.91. The first-order valence-corrected chi connectivity index (χ1v) is 5.17. The Kier molecular flexibility index (Phi) is 4.90. The lowest BCUT2D eigenvalue weighted by Crippen LogP contribution is -2.41. The lowest BCUT2D eigenvalue weighted by Gasteiger charge is -2.24. The molecule has 1 rings (SSSR count). The van der Waals surface area contributed by atoms with Crippen molar-refractivity contribution < 1.29 is 14.3 Å². The molecule has 1 N–H and O–H groups in total. The zero-order valence-electron chi connectivity index (χ0n) is 8.91. The summed E-state index contributed by atoms with van der Waals surface area (Å²) in [7, 11) is 1.40. The van der Waals surface area contributed by atoms with Crippen LogP contribution in [-0.2, 0) is 14.3 Å². The van der Waals surface area contributed by atoms with Crippen molar-refractivity contribution in [1.82, 2.24) is 5.32 Å². The van der Waals surface area contributed by atoms with Crippen molar-refractivity contribution >= 4 is 5.97 Å². The fourth-order valence-corrected chi connectivity index (χ4v) is 1.54. The van der Waals surface area contributed by atoms with Crippen molar-refractivity contribution in [3.63, 3.8) is 0 Å². The van der Waals surface area contributed by atoms with Gasteiger partial charge in [-0.25, -0.2) is 0 Å². The van der Waals surface area contributed by atoms with E-state index >= 15 is 0 Å². The van der Waals surface area contributed by atoms with Gasteiger partial charge < -0.3 is 14.8 Å². The molecule has 4 nitrogen and oxygen atoms in total. The maximum atomic E-state index is 11.1. The molecule has 2 unspecified atom stereocenters. The van der Waals surface area contributed by atoms with E-state index in [1.807, 2.05) is 0 Å². The SMILES string of the molecule is COC(=O)C(C)NCC1CCCCO1. The van der Waals surface area contributed by atoms with Crippen LogP contribution in [0.15, 0.2) is 0 Å². The van der Waals surface area contributed by atoms with E-state index in [9.17, 15) is 4.79 Å². The second-order valence-electron chi connectivity index (χ2n) is 3.64. The molecule has 0 aromatic heterocycles. The smallest absolute Gasteiger partial charge is 0.322 e. The Morgan fingerprint density at radius 3 is 3.00 bits per heavy atom. The minimum absolute atomic E-state index is 0.221. The monoisotopic (exact) mass is 201 g/mol. The van der Waals surface area contributed by atoms with Gasteiger partial charge in [0.2, 0.25) is 0 Å². The normalized spacial score (nSPS) is 24.3. The van der Waals surface area contributed by atoms with Crippen LogP contribution in [0, 0.1) is 0 Å². The summed E-state index contributed by atoms with van der Waals surface area (Å²) in [5, 5.41) is 3.10. The molecule has 82 valence electrons. The summed E-state index contributed by atoms with van der Waals surface area (Å²) in [6.07, 6.45) is 3.72. The highest BCUT2D eigenvalue weighted by atomic mass is 16.5. The molecule has 1 heterocycles. The summed E-state index contributed by atoms with van der Waals surface area (Å²) in [5.74, 6) is -0.221. The first-order valence-electron chi connectivity index (χ1n) is 5.17. The van der Waals surface area contributed by atoms with Crippen LogP contribution in [0.25, 0.3) is 0 Å². The summed E-state index contributed by atoms with van der Waals surface area (Å²) in [6.45, 7) is 3.38. The van der Waals surface area contributed by atoms with Gasteiger partial charge in [-0.1, -0.05) is 0 Å². The Morgan fingerprint density at radius 1 is 1.64 bits per heavy atom. The lowest BCUT2D eigenvalue weighted by molar-refractivity contribution is -0.142. The Morgan fingerprint density at radius 2 is 2.43 bits per heavy atom. The molecule has 0 aliphatic carbocycles. The van der Waals surface area contributed by atoms with Gasteiger partial charge in [-0.15, -0.1) is 0 Å². The van der Waals surface area contributed by atoms with Crippen LogP contribution in [0.1, 0.15) is 26.2 Å². The number of ether oxygens (including phenoxy) is 2. The molecule has 1 saturated heterocycles. The summed E-state index contributed by atoms with van der Waals surface area (Å²) in [5.41, 5.74) is 0. The maximum Gasteiger partial charge on any atom is 0.322 e. The van der Waals surface area contributed by atoms with Gasteiger partial charge in [-0.3, -0.25) is 4.79 Å². The molecule has 0 spiro atoms. The third-order valence-corrected chi connectivity index (χ3v) is 2.48. The zero-order chi connectivity index (χ0) is 10.4. The minimum atomic E-state index is -0.245. The van der Waals surface area contributed by atoms with E-state index in [1.165, 1.54) is 13.5 Å². The number of hydrogen-bond acceptors (Lipinski definition) is 4. The van der Waals surface area contributed by atoms with Crippen LogP contribution in [0.3, 0.4) is 0 Å². The van der Waals surface area contributed by atoms with Gasteiger partial charge in [0.05, 0.1) is 13.2 Å². The highest BCUT2D eigenvalue weighted by molar-refractivity contribution is 5.75. The summed E-state index contributed by atoms with van der Waals surface area (Å²) >= 11 is 0. The van der Waals surface area contributed by atoms with E-state index in [0.29, 0.717) is 0 Å². The number of nitrogens with one attached hydrogen (secondary N) is 1. The standard InChI is InChI=1S/C10H19NO3/c1-8(10(12)13-2)11-7-9-5-3-4-6-14-9/h8-9,11H,3-7H2,1-2H3. The average Bonchev–Trinajstić information content (AvgIpc) is 2.26. The Balaban J connectivity index is 2.15. The number of rotatable bonds is 4. The Hall–Kier alpha value is -0.610. The second-order valence-corrected chi connectivity index (χ2v) is 3.64. The van der Waals surface area contributed by atoms with Gasteiger partial charge in [-0.05, 0) is 26.2 Å². The first-order chi connectivity index (χ1) is 6.74. The first kappa shape index (κ1) is 11.5. The molecule has 4 heteroatoms. The molecule has 1 aliphatic heterocycles. The van der Waals surface area contributed by atoms with Crippen LogP contribution in [-0.4, -0.2) is 38.4 Å². The summed E-state index contributed by atoms with van der Waals surface area (Å²) < 4.78 is 10.1. The number of hydrogen-bond donors (Lipinski definition) is 1. The largest absolute Gasteiger partial charge is 0.468 e. The predicted molar refractivity (Wildman–Crippen MR) is 53.1 cm³/mol. The third-order valence-electron chi connectivity index (χ3n) is 2.48. The van der Waals surface area contributed by atoms with E-state index in [4.69, 9.17) is 4.74 Å². The molecule has 14 heavy (non-hydrogen) atoms. The van der Waals surface area contributed by atoms with Gasteiger partial charge in [0, 0.05) is 13.2 Å². The van der Waals surface area contributed by atoms with Crippen molar-refractivity contribution in [2.45, 2.75) is 38.3 Å². The number of esters is 1. The van der Waals surface area contributed by atoms with Gasteiger partial charge in [0.1, 0.15) is 6.04 Å². The number of methoxy groups -OCH3 is 1. The third kappa shape index (κ3) is 3.64. The van der Waals surface area contributed by atoms with Crippen LogP contribution in [0.5, 0.6) is 0 Å². The van der Waals surface area contributed by atoms with E-state index in [2.05, 4.69) is 10.1 Å². The van der Waals surface area contributed by atoms with Crippen molar-refractivity contribution in [3.05, 3.63) is 0 Å². The summed E-state index contributed by atoms with van der Waals surface area (Å²) in [4.78, 5) is 11.1. The van der Waals surface area contributed by atoms with Gasteiger partial charge in [-0.2, -0.15) is 0 Å². The molecule has 1 fully saturated rings. The highest BCUT2D eigenvalue weighted by Gasteiger charge is 2.17. The average molecular weight is 201 g/mol. The van der Waals surface area contributed by atoms with Gasteiger partial charge in [0.25, 0.3) is 0 Å². The fraction of sp³-hybridized carbons (Fsp3) is 0.900. The number of carbonyl (C=O) groups is 1. The van der Waals surface area contributed by atoms with Crippen LogP contribution >= 0.6 is 0 Å². The maximum absolute atomic E-state index is 11.1. The molecular weight excluding hydrogens is 182 g/mol. The van der Waals surface area contributed by atoms with Crippen LogP contribution in [0.4, 0.5) is 0 Å². The minimum Gasteiger partial charge on any atom is -0.468 e. The molecular formula is C10H19NO3. The summed E-state index contributed by atoms with van der Waals surface area (Å²) in [6, 6.07) is -0.245. The second kappa shape index (κ2) is 5.98. The van der Waals surface area contributed by atoms with Gasteiger partial charge >= 0.3 is 5.97 Å². The van der Waals surface area contributed by atoms with E-state index in [-0.39, 0.29) is 18.1 Å². The van der Waals surface area contributed by atoms with Crippen LogP contribution in [0.2, 0.25) is 0 Å². The van der Waals surface area contributed by atoms with Crippen molar-refractivity contribution in [2.24, 2.45) is 0 Å². The number of carbonyl (C=O) groups excluding carboxylic acids is 1. The van der Waals surface area contributed by atoms with Crippen molar-refractivity contribution in [2.75, 3.05) is 20.3 Å². The van der Waals surface area contributed by atoms with E-state index < -0.39 is 0 Å². The molecule has 0 aromatic carbocycles. The fourth-order valence-electron chi connectivity index (χ4n) is 1.54.